The van der Waals surface area contributed by atoms with Crippen molar-refractivity contribution in [3.8, 4) is 22.5 Å². The Labute approximate surface area is 132 Å². The Morgan fingerprint density at radius 1 is 0.864 bits per heavy atom. The van der Waals surface area contributed by atoms with E-state index in [2.05, 4.69) is 22.1 Å². The minimum Gasteiger partial charge on any atom is -0.439 e. The van der Waals surface area contributed by atoms with Crippen LogP contribution in [0.4, 0.5) is 0 Å². The maximum Gasteiger partial charge on any atom is 0.209 e. The van der Waals surface area contributed by atoms with Gasteiger partial charge in [-0.1, -0.05) is 72.9 Å². The van der Waals surface area contributed by atoms with Gasteiger partial charge in [0.1, 0.15) is 10.4 Å². The average molecular weight is 304 g/mol. The van der Waals surface area contributed by atoms with Gasteiger partial charge in [-0.2, -0.15) is 0 Å². The van der Waals surface area contributed by atoms with E-state index in [4.69, 9.17) is 16.6 Å². The van der Waals surface area contributed by atoms with Gasteiger partial charge in [0.05, 0.1) is 11.7 Å². The van der Waals surface area contributed by atoms with Crippen LogP contribution in [0.25, 0.3) is 33.6 Å². The van der Waals surface area contributed by atoms with E-state index >= 15 is 0 Å². The van der Waals surface area contributed by atoms with Crippen LogP contribution in [0.1, 0.15) is 0 Å². The first-order valence-electron chi connectivity index (χ1n) is 6.95. The Bertz CT molecular complexity index is 988. The first-order chi connectivity index (χ1) is 10.8. The molecule has 3 nitrogen and oxygen atoms in total. The molecule has 0 atom stereocenters. The van der Waals surface area contributed by atoms with E-state index in [9.17, 15) is 0 Å². The van der Waals surface area contributed by atoms with Gasteiger partial charge in [0, 0.05) is 11.1 Å². The summed E-state index contributed by atoms with van der Waals surface area (Å²) in [6, 6.07) is 20.1. The van der Waals surface area contributed by atoms with Crippen molar-refractivity contribution in [2.24, 2.45) is 0 Å². The van der Waals surface area contributed by atoms with Crippen molar-refractivity contribution in [1.29, 1.82) is 0 Å². The smallest absolute Gasteiger partial charge is 0.209 e. The van der Waals surface area contributed by atoms with Crippen molar-refractivity contribution in [3.05, 3.63) is 71.6 Å². The number of nitrogens with one attached hydrogen (secondary N) is 1. The quantitative estimate of drug-likeness (QED) is 0.516. The molecule has 4 aromatic rings. The maximum absolute atomic E-state index is 6.06. The summed E-state index contributed by atoms with van der Waals surface area (Å²) in [6.07, 6.45) is 1.57. The largest absolute Gasteiger partial charge is 0.439 e. The molecule has 0 fully saturated rings. The molecular weight excluding hydrogens is 292 g/mol. The fourth-order valence-electron chi connectivity index (χ4n) is 2.62. The Balaban J connectivity index is 2.14. The molecule has 2 heterocycles. The topological polar surface area (TPSA) is 41.8 Å². The number of aromatic amines is 1. The molecule has 0 saturated carbocycles. The lowest BCUT2D eigenvalue weighted by Gasteiger charge is -2.03. The lowest BCUT2D eigenvalue weighted by Crippen LogP contribution is -1.83. The molecule has 2 aromatic carbocycles. The molecule has 0 aliphatic carbocycles. The highest BCUT2D eigenvalue weighted by Crippen LogP contribution is 2.39. The lowest BCUT2D eigenvalue weighted by molar-refractivity contribution is 0.618. The number of aromatic nitrogens is 2. The van der Waals surface area contributed by atoms with Gasteiger partial charge in [0.15, 0.2) is 0 Å². The number of hydrogen-bond acceptors (Lipinski definition) is 3. The second-order valence-corrected chi connectivity index (χ2v) is 5.34. The van der Waals surface area contributed by atoms with Crippen LogP contribution in [0.5, 0.6) is 0 Å². The van der Waals surface area contributed by atoms with E-state index < -0.39 is 0 Å². The van der Waals surface area contributed by atoms with E-state index in [1.54, 1.807) is 6.33 Å². The molecule has 0 unspecified atom stereocenters. The summed E-state index contributed by atoms with van der Waals surface area (Å²) < 4.78 is 6.60. The molecule has 0 spiro atoms. The standard InChI is InChI=1S/C18H12N2OS/c22-18-15-14(12-7-3-1-4-8-12)16(13-9-5-2-6-10-13)21-17(15)19-11-20-18/h1-11H,(H,19,20,22). The molecule has 2 aromatic heterocycles. The van der Waals surface area contributed by atoms with Crippen LogP contribution in [-0.2, 0) is 0 Å². The average Bonchev–Trinajstić information content (AvgIpc) is 2.97. The normalized spacial score (nSPS) is 10.9. The Kier molecular flexibility index (Phi) is 3.09. The molecule has 4 heteroatoms. The van der Waals surface area contributed by atoms with Crippen LogP contribution < -0.4 is 0 Å². The third-order valence-corrected chi connectivity index (χ3v) is 3.91. The zero-order valence-electron chi connectivity index (χ0n) is 11.6. The zero-order valence-corrected chi connectivity index (χ0v) is 12.4. The number of furan rings is 1. The number of hydrogen-bond donors (Lipinski definition) is 1. The van der Waals surface area contributed by atoms with Crippen molar-refractivity contribution < 1.29 is 4.42 Å². The summed E-state index contributed by atoms with van der Waals surface area (Å²) in [5.74, 6) is 0.803. The van der Waals surface area contributed by atoms with Gasteiger partial charge < -0.3 is 9.40 Å². The van der Waals surface area contributed by atoms with Gasteiger partial charge in [0.2, 0.25) is 5.71 Å². The van der Waals surface area contributed by atoms with Crippen LogP contribution in [0.15, 0.2) is 71.4 Å². The highest BCUT2D eigenvalue weighted by Gasteiger charge is 2.19. The van der Waals surface area contributed by atoms with E-state index in [0.29, 0.717) is 10.4 Å². The number of benzene rings is 2. The SMILES string of the molecule is S=c1nc[nH]c2oc(-c3ccccc3)c(-c3ccccc3)c12. The van der Waals surface area contributed by atoms with Gasteiger partial charge >= 0.3 is 0 Å². The lowest BCUT2D eigenvalue weighted by atomic mass is 10.00. The Hall–Kier alpha value is -2.72. The minimum absolute atomic E-state index is 0.540. The van der Waals surface area contributed by atoms with Crippen LogP contribution in [0, 0.1) is 4.64 Å². The van der Waals surface area contributed by atoms with Gasteiger partial charge in [-0.3, -0.25) is 0 Å². The highest BCUT2D eigenvalue weighted by molar-refractivity contribution is 7.71. The molecule has 0 aliphatic heterocycles. The molecule has 106 valence electrons. The summed E-state index contributed by atoms with van der Waals surface area (Å²) in [4.78, 5) is 7.25. The molecule has 0 amide bonds. The molecule has 4 rings (SSSR count). The summed E-state index contributed by atoms with van der Waals surface area (Å²) in [7, 11) is 0. The Morgan fingerprint density at radius 2 is 1.50 bits per heavy atom. The van der Waals surface area contributed by atoms with Gasteiger partial charge in [-0.05, 0) is 5.56 Å². The molecular formula is C18H12N2OS. The van der Waals surface area contributed by atoms with Crippen molar-refractivity contribution in [3.63, 3.8) is 0 Å². The Morgan fingerprint density at radius 3 is 2.18 bits per heavy atom. The zero-order chi connectivity index (χ0) is 14.9. The van der Waals surface area contributed by atoms with Crippen LogP contribution in [0.3, 0.4) is 0 Å². The molecule has 0 radical (unpaired) electrons. The van der Waals surface area contributed by atoms with E-state index in [-0.39, 0.29) is 0 Å². The first kappa shape index (κ1) is 13.0. The van der Waals surface area contributed by atoms with Crippen molar-refractivity contribution in [2.75, 3.05) is 0 Å². The maximum atomic E-state index is 6.06. The summed E-state index contributed by atoms with van der Waals surface area (Å²) in [6.45, 7) is 0. The number of H-pyrrole nitrogens is 1. The van der Waals surface area contributed by atoms with E-state index in [1.807, 2.05) is 48.5 Å². The van der Waals surface area contributed by atoms with Crippen molar-refractivity contribution in [1.82, 2.24) is 9.97 Å². The molecule has 1 N–H and O–H groups in total. The number of rotatable bonds is 2. The van der Waals surface area contributed by atoms with Crippen LogP contribution in [-0.4, -0.2) is 9.97 Å². The number of nitrogens with zero attached hydrogens (tertiary/aromatic N) is 1. The molecule has 22 heavy (non-hydrogen) atoms. The van der Waals surface area contributed by atoms with Crippen LogP contribution in [0.2, 0.25) is 0 Å². The van der Waals surface area contributed by atoms with Crippen LogP contribution >= 0.6 is 12.2 Å². The summed E-state index contributed by atoms with van der Waals surface area (Å²) >= 11 is 5.41. The summed E-state index contributed by atoms with van der Waals surface area (Å²) in [5.41, 5.74) is 3.71. The molecule has 0 aliphatic rings. The fraction of sp³-hybridized carbons (Fsp3) is 0. The molecule has 0 saturated heterocycles. The van der Waals surface area contributed by atoms with Crippen molar-refractivity contribution >= 4 is 23.3 Å². The summed E-state index contributed by atoms with van der Waals surface area (Å²) in [5, 5.41) is 0.850. The predicted molar refractivity (Wildman–Crippen MR) is 90.1 cm³/mol. The monoisotopic (exact) mass is 304 g/mol. The van der Waals surface area contributed by atoms with Gasteiger partial charge in [0.25, 0.3) is 0 Å². The second-order valence-electron chi connectivity index (χ2n) is 4.95. The van der Waals surface area contributed by atoms with Gasteiger partial charge in [-0.15, -0.1) is 0 Å². The highest BCUT2D eigenvalue weighted by atomic mass is 32.1. The third-order valence-electron chi connectivity index (χ3n) is 3.60. The van der Waals surface area contributed by atoms with Crippen molar-refractivity contribution in [2.45, 2.75) is 0 Å². The number of fused-ring (bicyclic) bond motifs is 1. The minimum atomic E-state index is 0.540. The first-order valence-corrected chi connectivity index (χ1v) is 7.36. The third kappa shape index (κ3) is 2.05. The predicted octanol–water partition coefficient (Wildman–Crippen LogP) is 5.22. The fourth-order valence-corrected chi connectivity index (χ4v) is 2.87. The van der Waals surface area contributed by atoms with E-state index in [1.165, 1.54) is 0 Å². The van der Waals surface area contributed by atoms with E-state index in [0.717, 1.165) is 27.8 Å². The van der Waals surface area contributed by atoms with Gasteiger partial charge in [-0.25, -0.2) is 4.98 Å². The molecule has 0 bridgehead atoms. The second kappa shape index (κ2) is 5.24.